The summed E-state index contributed by atoms with van der Waals surface area (Å²) in [5, 5.41) is 22.6. The van der Waals surface area contributed by atoms with Crippen molar-refractivity contribution in [3.05, 3.63) is 57.1 Å². The van der Waals surface area contributed by atoms with Gasteiger partial charge in [-0.15, -0.1) is 0 Å². The van der Waals surface area contributed by atoms with Gasteiger partial charge in [0, 0.05) is 23.2 Å². The van der Waals surface area contributed by atoms with E-state index in [4.69, 9.17) is 5.11 Å². The fraction of sp³-hybridized carbons (Fsp3) is 0.143. The van der Waals surface area contributed by atoms with Gasteiger partial charge in [0.05, 0.1) is 27.8 Å². The Morgan fingerprint density at radius 1 is 1.17 bits per heavy atom. The van der Waals surface area contributed by atoms with Crippen molar-refractivity contribution < 1.29 is 18.4 Å². The van der Waals surface area contributed by atoms with Gasteiger partial charge in [-0.25, -0.2) is 8.42 Å². The van der Waals surface area contributed by atoms with Crippen molar-refractivity contribution in [1.82, 2.24) is 0 Å². The van der Waals surface area contributed by atoms with Gasteiger partial charge in [0.25, 0.3) is 15.7 Å². The second-order valence-electron chi connectivity index (χ2n) is 4.70. The lowest BCUT2D eigenvalue weighted by atomic mass is 10.2. The minimum absolute atomic E-state index is 0.0106. The first-order chi connectivity index (χ1) is 11.3. The van der Waals surface area contributed by atoms with Gasteiger partial charge in [0.1, 0.15) is 0 Å². The van der Waals surface area contributed by atoms with Gasteiger partial charge in [-0.3, -0.25) is 14.8 Å². The van der Waals surface area contributed by atoms with E-state index in [1.807, 2.05) is 0 Å². The third-order valence-corrected chi connectivity index (χ3v) is 4.85. The van der Waals surface area contributed by atoms with E-state index in [1.54, 1.807) is 12.1 Å². The monoisotopic (exact) mass is 415 g/mol. The predicted octanol–water partition coefficient (Wildman–Crippen LogP) is 2.56. The lowest BCUT2D eigenvalue weighted by molar-refractivity contribution is -0.384. The molecule has 0 radical (unpaired) electrons. The van der Waals surface area contributed by atoms with Gasteiger partial charge in [0.15, 0.2) is 0 Å². The topological polar surface area (TPSA) is 122 Å². The van der Waals surface area contributed by atoms with Crippen LogP contribution in [-0.2, 0) is 10.0 Å². The number of nitro groups is 1. The van der Waals surface area contributed by atoms with E-state index < -0.39 is 14.9 Å². The van der Waals surface area contributed by atoms with E-state index in [9.17, 15) is 18.5 Å². The molecule has 2 aromatic carbocycles. The quantitative estimate of drug-likeness (QED) is 0.471. The zero-order chi connectivity index (χ0) is 17.7. The fourth-order valence-corrected chi connectivity index (χ4v) is 3.58. The van der Waals surface area contributed by atoms with Crippen molar-refractivity contribution in [3.63, 3.8) is 0 Å². The summed E-state index contributed by atoms with van der Waals surface area (Å²) in [6, 6.07) is 9.82. The lowest BCUT2D eigenvalue weighted by Gasteiger charge is -2.14. The van der Waals surface area contributed by atoms with Crippen LogP contribution in [0.2, 0.25) is 0 Å². The smallest absolute Gasteiger partial charge is 0.271 e. The zero-order valence-corrected chi connectivity index (χ0v) is 14.7. The molecule has 2 aromatic rings. The van der Waals surface area contributed by atoms with Crippen LogP contribution in [0.5, 0.6) is 0 Å². The molecule has 0 unspecified atom stereocenters. The molecule has 2 rings (SSSR count). The number of hydrogen-bond acceptors (Lipinski definition) is 6. The molecule has 0 fully saturated rings. The van der Waals surface area contributed by atoms with Crippen molar-refractivity contribution in [1.29, 1.82) is 0 Å². The average molecular weight is 416 g/mol. The maximum atomic E-state index is 12.5. The number of halogens is 1. The number of hydrogen-bond donors (Lipinski definition) is 3. The summed E-state index contributed by atoms with van der Waals surface area (Å²) in [6.45, 7) is -0.00175. The number of aliphatic hydroxyl groups is 1. The van der Waals surface area contributed by atoms with Crippen LogP contribution in [0.25, 0.3) is 0 Å². The normalized spacial score (nSPS) is 11.1. The Labute approximate surface area is 146 Å². The number of non-ortho nitro benzene ring substituents is 1. The Morgan fingerprint density at radius 3 is 2.54 bits per heavy atom. The molecule has 128 valence electrons. The van der Waals surface area contributed by atoms with Gasteiger partial charge in [-0.05, 0) is 24.3 Å². The summed E-state index contributed by atoms with van der Waals surface area (Å²) in [4.78, 5) is 10.3. The van der Waals surface area contributed by atoms with E-state index in [1.165, 1.54) is 24.3 Å². The summed E-state index contributed by atoms with van der Waals surface area (Å²) in [5.74, 6) is 0. The predicted molar refractivity (Wildman–Crippen MR) is 93.6 cm³/mol. The van der Waals surface area contributed by atoms with Crippen LogP contribution in [0.3, 0.4) is 0 Å². The molecule has 0 spiro atoms. The third-order valence-electron chi connectivity index (χ3n) is 2.99. The molecule has 0 bridgehead atoms. The number of sulfonamides is 1. The number of nitrogens with one attached hydrogen (secondary N) is 2. The van der Waals surface area contributed by atoms with Crippen LogP contribution < -0.4 is 10.0 Å². The minimum atomic E-state index is -3.93. The van der Waals surface area contributed by atoms with Crippen LogP contribution in [-0.4, -0.2) is 31.6 Å². The van der Waals surface area contributed by atoms with Crippen LogP contribution in [0.1, 0.15) is 0 Å². The third kappa shape index (κ3) is 4.43. The first kappa shape index (κ1) is 18.2. The lowest BCUT2D eigenvalue weighted by Crippen LogP contribution is -2.15. The summed E-state index contributed by atoms with van der Waals surface area (Å²) >= 11 is 3.20. The zero-order valence-electron chi connectivity index (χ0n) is 12.3. The second kappa shape index (κ2) is 7.60. The maximum Gasteiger partial charge on any atom is 0.271 e. The molecule has 8 nitrogen and oxygen atoms in total. The number of nitro benzene ring substituents is 1. The Morgan fingerprint density at radius 2 is 1.92 bits per heavy atom. The first-order valence-corrected chi connectivity index (χ1v) is 9.02. The molecule has 10 heteroatoms. The summed E-state index contributed by atoms with van der Waals surface area (Å²) in [5.41, 5.74) is 0.0994. The minimum Gasteiger partial charge on any atom is -0.395 e. The van der Waals surface area contributed by atoms with Crippen molar-refractivity contribution in [2.45, 2.75) is 4.90 Å². The molecule has 0 aliphatic carbocycles. The van der Waals surface area contributed by atoms with Crippen LogP contribution in [0, 0.1) is 10.1 Å². The number of nitrogens with zero attached hydrogens (tertiary/aromatic N) is 1. The van der Waals surface area contributed by atoms with Gasteiger partial charge in [-0.2, -0.15) is 0 Å². The van der Waals surface area contributed by atoms with Crippen LogP contribution in [0.4, 0.5) is 17.1 Å². The van der Waals surface area contributed by atoms with E-state index in [0.717, 1.165) is 6.07 Å². The summed E-state index contributed by atoms with van der Waals surface area (Å²) < 4.78 is 27.9. The Hall–Kier alpha value is -2.17. The van der Waals surface area contributed by atoms with E-state index in [0.29, 0.717) is 10.2 Å². The Bertz CT molecular complexity index is 857. The highest BCUT2D eigenvalue weighted by molar-refractivity contribution is 9.10. The van der Waals surface area contributed by atoms with Gasteiger partial charge >= 0.3 is 0 Å². The van der Waals surface area contributed by atoms with E-state index in [2.05, 4.69) is 26.0 Å². The number of benzene rings is 2. The van der Waals surface area contributed by atoms with Crippen molar-refractivity contribution >= 4 is 43.0 Å². The highest BCUT2D eigenvalue weighted by atomic mass is 79.9. The number of rotatable bonds is 7. The van der Waals surface area contributed by atoms with Gasteiger partial charge in [-0.1, -0.05) is 22.0 Å². The van der Waals surface area contributed by atoms with E-state index >= 15 is 0 Å². The fourth-order valence-electron chi connectivity index (χ4n) is 1.91. The molecule has 0 saturated carbocycles. The maximum absolute atomic E-state index is 12.5. The molecule has 3 N–H and O–H groups in total. The summed E-state index contributed by atoms with van der Waals surface area (Å²) in [7, 11) is -3.93. The molecule has 0 aromatic heterocycles. The van der Waals surface area contributed by atoms with Gasteiger partial charge < -0.3 is 10.4 Å². The molecular weight excluding hydrogens is 402 g/mol. The van der Waals surface area contributed by atoms with Crippen molar-refractivity contribution in [3.8, 4) is 0 Å². The molecule has 24 heavy (non-hydrogen) atoms. The molecule has 0 saturated heterocycles. The Kier molecular flexibility index (Phi) is 5.75. The largest absolute Gasteiger partial charge is 0.395 e. The van der Waals surface area contributed by atoms with Crippen LogP contribution >= 0.6 is 15.9 Å². The van der Waals surface area contributed by atoms with Crippen molar-refractivity contribution in [2.24, 2.45) is 0 Å². The molecule has 0 aliphatic rings. The molecular formula is C14H14BrN3O5S. The van der Waals surface area contributed by atoms with E-state index in [-0.39, 0.29) is 29.4 Å². The first-order valence-electron chi connectivity index (χ1n) is 6.75. The molecule has 0 heterocycles. The van der Waals surface area contributed by atoms with Crippen molar-refractivity contribution in [2.75, 3.05) is 23.2 Å². The van der Waals surface area contributed by atoms with Gasteiger partial charge in [0.2, 0.25) is 0 Å². The number of anilines is 2. The highest BCUT2D eigenvalue weighted by Gasteiger charge is 2.19. The summed E-state index contributed by atoms with van der Waals surface area (Å²) in [6.07, 6.45) is 0. The molecule has 0 amide bonds. The Balaban J connectivity index is 2.42. The molecule has 0 atom stereocenters. The highest BCUT2D eigenvalue weighted by Crippen LogP contribution is 2.29. The SMILES string of the molecule is O=[N+]([O-])c1ccc(NCCO)c(NS(=O)(=O)c2cccc(Br)c2)c1. The van der Waals surface area contributed by atoms with Crippen LogP contribution in [0.15, 0.2) is 51.8 Å². The number of aliphatic hydroxyl groups excluding tert-OH is 1. The average Bonchev–Trinajstić information content (AvgIpc) is 2.53. The second-order valence-corrected chi connectivity index (χ2v) is 7.30. The molecule has 0 aliphatic heterocycles. The standard InChI is InChI=1S/C14H14BrN3O5S/c15-10-2-1-3-12(8-10)24(22,23)17-14-9-11(18(20)21)4-5-13(14)16-6-7-19/h1-5,8-9,16-17,19H,6-7H2.